The Hall–Kier alpha value is -0.670. The summed E-state index contributed by atoms with van der Waals surface area (Å²) in [5, 5.41) is 0. The summed E-state index contributed by atoms with van der Waals surface area (Å²) in [6, 6.07) is 16.2. The molecule has 2 nitrogen and oxygen atoms in total. The lowest BCUT2D eigenvalue weighted by Crippen LogP contribution is -1.90. The van der Waals surface area contributed by atoms with E-state index >= 15 is 0 Å². The molecule has 0 aliphatic rings. The topological polar surface area (TPSA) is 37.3 Å². The van der Waals surface area contributed by atoms with Gasteiger partial charge in [-0.15, -0.1) is 0 Å². The van der Waals surface area contributed by atoms with E-state index in [9.17, 15) is 9.46 Å². The molecule has 0 fully saturated rings. The predicted molar refractivity (Wildman–Crippen MR) is 139 cm³/mol. The first-order valence-corrected chi connectivity index (χ1v) is 16.4. The molecule has 0 heterocycles. The van der Waals surface area contributed by atoms with Gasteiger partial charge in [-0.1, -0.05) is 102 Å². The van der Waals surface area contributed by atoms with Crippen molar-refractivity contribution in [2.24, 2.45) is 0 Å². The number of unbranched alkanes of at least 4 members (excludes halogenated alkanes) is 8. The molecular formula is C26H39O2PS2. The van der Waals surface area contributed by atoms with E-state index in [4.69, 9.17) is 0 Å². The highest BCUT2D eigenvalue weighted by Gasteiger charge is 2.25. The van der Waals surface area contributed by atoms with Gasteiger partial charge in [0.05, 0.1) is 0 Å². The molecule has 2 aromatic carbocycles. The molecule has 31 heavy (non-hydrogen) atoms. The minimum Gasteiger partial charge on any atom is -0.329 e. The Labute approximate surface area is 198 Å². The van der Waals surface area contributed by atoms with Crippen LogP contribution < -0.4 is 0 Å². The zero-order chi connectivity index (χ0) is 22.4. The van der Waals surface area contributed by atoms with E-state index in [-0.39, 0.29) is 0 Å². The molecule has 0 radical (unpaired) electrons. The van der Waals surface area contributed by atoms with Crippen molar-refractivity contribution in [3.8, 4) is 0 Å². The van der Waals surface area contributed by atoms with E-state index in [1.54, 1.807) is 0 Å². The lowest BCUT2D eigenvalue weighted by Gasteiger charge is -2.15. The summed E-state index contributed by atoms with van der Waals surface area (Å²) >= 11 is 2.31. The molecule has 0 amide bonds. The first-order chi connectivity index (χ1) is 15.1. The van der Waals surface area contributed by atoms with Gasteiger partial charge in [0.15, 0.2) is 0 Å². The van der Waals surface area contributed by atoms with Crippen molar-refractivity contribution in [1.29, 1.82) is 0 Å². The third-order valence-corrected chi connectivity index (χ3v) is 11.0. The summed E-state index contributed by atoms with van der Waals surface area (Å²) in [5.74, 6) is -3.46. The Morgan fingerprint density at radius 2 is 1.03 bits per heavy atom. The SMILES string of the molecule is CCCCCCCc1ccccc1SP(=O)(O)Sc1ccccc1CCCCCCC. The maximum Gasteiger partial charge on any atom is 0.320 e. The maximum absolute atomic E-state index is 13.2. The second-order valence-electron chi connectivity index (χ2n) is 8.20. The number of benzene rings is 2. The van der Waals surface area contributed by atoms with Crippen molar-refractivity contribution in [2.75, 3.05) is 0 Å². The van der Waals surface area contributed by atoms with Crippen LogP contribution in [0.5, 0.6) is 0 Å². The molecule has 0 aromatic heterocycles. The van der Waals surface area contributed by atoms with Crippen molar-refractivity contribution in [3.05, 3.63) is 59.7 Å². The lowest BCUT2D eigenvalue weighted by molar-refractivity contribution is 0.514. The van der Waals surface area contributed by atoms with Crippen molar-refractivity contribution >= 4 is 28.5 Å². The summed E-state index contributed by atoms with van der Waals surface area (Å²) < 4.78 is 13.2. The van der Waals surface area contributed by atoms with Crippen LogP contribution in [0, 0.1) is 0 Å². The van der Waals surface area contributed by atoms with Crippen LogP contribution in [0.1, 0.15) is 89.2 Å². The Balaban J connectivity index is 1.97. The summed E-state index contributed by atoms with van der Waals surface area (Å²) in [7, 11) is 0. The highest BCUT2D eigenvalue weighted by atomic mass is 33.1. The zero-order valence-corrected chi connectivity index (χ0v) is 21.8. The van der Waals surface area contributed by atoms with Crippen molar-refractivity contribution < 1.29 is 9.46 Å². The molecular weight excluding hydrogens is 439 g/mol. The second-order valence-corrected chi connectivity index (χ2v) is 15.1. The average Bonchev–Trinajstić information content (AvgIpc) is 2.75. The van der Waals surface area contributed by atoms with Crippen LogP contribution in [-0.2, 0) is 17.4 Å². The van der Waals surface area contributed by atoms with E-state index in [0.29, 0.717) is 0 Å². The minimum atomic E-state index is -3.46. The van der Waals surface area contributed by atoms with E-state index < -0.39 is 5.77 Å². The first-order valence-electron chi connectivity index (χ1n) is 11.9. The quantitative estimate of drug-likeness (QED) is 0.192. The maximum atomic E-state index is 13.2. The van der Waals surface area contributed by atoms with Gasteiger partial charge >= 0.3 is 5.77 Å². The molecule has 172 valence electrons. The summed E-state index contributed by atoms with van der Waals surface area (Å²) in [4.78, 5) is 12.7. The zero-order valence-electron chi connectivity index (χ0n) is 19.2. The van der Waals surface area contributed by atoms with Gasteiger partial charge in [-0.25, -0.2) is 0 Å². The first kappa shape index (κ1) is 26.6. The Bertz CT molecular complexity index is 746. The van der Waals surface area contributed by atoms with Crippen LogP contribution in [-0.4, -0.2) is 4.89 Å². The summed E-state index contributed by atoms with van der Waals surface area (Å²) in [6.45, 7) is 4.46. The van der Waals surface area contributed by atoms with Gasteiger partial charge < -0.3 is 4.89 Å². The van der Waals surface area contributed by atoms with Gasteiger partial charge in [-0.3, -0.25) is 4.57 Å². The third-order valence-electron chi connectivity index (χ3n) is 5.47. The molecule has 0 spiro atoms. The van der Waals surface area contributed by atoms with Gasteiger partial charge in [0, 0.05) is 9.79 Å². The molecule has 1 N–H and O–H groups in total. The Kier molecular flexibility index (Phi) is 13.0. The molecule has 0 unspecified atom stereocenters. The molecule has 2 rings (SSSR count). The summed E-state index contributed by atoms with van der Waals surface area (Å²) in [5.41, 5.74) is 2.39. The normalized spacial score (nSPS) is 11.7. The Morgan fingerprint density at radius 3 is 1.45 bits per heavy atom. The van der Waals surface area contributed by atoms with E-state index in [0.717, 1.165) is 58.2 Å². The van der Waals surface area contributed by atoms with Crippen molar-refractivity contribution in [1.82, 2.24) is 0 Å². The molecule has 0 bridgehead atoms. The molecule has 5 heteroatoms. The standard InChI is InChI=1S/C26H39O2PS2/c1-3-5-7-9-11-17-23-19-13-15-21-25(23)30-29(27,28)31-26-22-16-14-20-24(26)18-12-10-8-6-4-2/h13-16,19-22H,3-12,17-18H2,1-2H3,(H,27,28). The second kappa shape index (κ2) is 15.2. The van der Waals surface area contributed by atoms with Gasteiger partial charge in [-0.2, -0.15) is 0 Å². The molecule has 0 aliphatic heterocycles. The summed E-state index contributed by atoms with van der Waals surface area (Å²) in [6.07, 6.45) is 14.3. The fraction of sp³-hybridized carbons (Fsp3) is 0.538. The smallest absolute Gasteiger partial charge is 0.320 e. The average molecular weight is 479 g/mol. The number of hydrogen-bond acceptors (Lipinski definition) is 3. The number of aryl methyl sites for hydroxylation is 2. The third kappa shape index (κ3) is 10.7. The highest BCUT2D eigenvalue weighted by molar-refractivity contribution is 8.89. The van der Waals surface area contributed by atoms with E-state index in [1.807, 2.05) is 36.4 Å². The fourth-order valence-corrected chi connectivity index (χ4v) is 9.54. The number of rotatable bonds is 16. The largest absolute Gasteiger partial charge is 0.329 e. The predicted octanol–water partition coefficient (Wildman–Crippen LogP) is 9.70. The van der Waals surface area contributed by atoms with Gasteiger partial charge in [0.25, 0.3) is 0 Å². The number of hydrogen-bond donors (Lipinski definition) is 1. The van der Waals surface area contributed by atoms with Gasteiger partial charge in [-0.05, 0) is 71.7 Å². The van der Waals surface area contributed by atoms with Gasteiger partial charge in [0.1, 0.15) is 0 Å². The lowest BCUT2D eigenvalue weighted by atomic mass is 10.1. The minimum absolute atomic E-state index is 0.952. The van der Waals surface area contributed by atoms with Crippen LogP contribution in [0.3, 0.4) is 0 Å². The van der Waals surface area contributed by atoms with Crippen molar-refractivity contribution in [2.45, 2.75) is 101 Å². The van der Waals surface area contributed by atoms with Gasteiger partial charge in [0.2, 0.25) is 0 Å². The van der Waals surface area contributed by atoms with Crippen LogP contribution in [0.2, 0.25) is 0 Å². The van der Waals surface area contributed by atoms with Crippen LogP contribution in [0.4, 0.5) is 0 Å². The Morgan fingerprint density at radius 1 is 0.645 bits per heavy atom. The molecule has 0 saturated heterocycles. The van der Waals surface area contributed by atoms with E-state index in [1.165, 1.54) is 62.5 Å². The van der Waals surface area contributed by atoms with E-state index in [2.05, 4.69) is 26.0 Å². The molecule has 0 saturated carbocycles. The van der Waals surface area contributed by atoms with Crippen LogP contribution >= 0.6 is 28.5 Å². The van der Waals surface area contributed by atoms with Crippen LogP contribution in [0.15, 0.2) is 58.3 Å². The highest BCUT2D eigenvalue weighted by Crippen LogP contribution is 2.71. The molecule has 2 aromatic rings. The monoisotopic (exact) mass is 478 g/mol. The molecule has 0 aliphatic carbocycles. The fourth-order valence-electron chi connectivity index (χ4n) is 3.70. The van der Waals surface area contributed by atoms with Crippen LogP contribution in [0.25, 0.3) is 0 Å². The molecule has 0 atom stereocenters. The van der Waals surface area contributed by atoms with Crippen molar-refractivity contribution in [3.63, 3.8) is 0 Å².